The minimum Gasteiger partial charge on any atom is -0.461 e. The van der Waals surface area contributed by atoms with Gasteiger partial charge in [-0.1, -0.05) is 45.4 Å². The van der Waals surface area contributed by atoms with Gasteiger partial charge in [0.1, 0.15) is 24.2 Å². The van der Waals surface area contributed by atoms with Crippen LogP contribution in [-0.4, -0.2) is 82.8 Å². The number of carbonyl (C=O) groups is 3. The molecule has 2 unspecified atom stereocenters. The molecule has 3 aliphatic rings. The molecule has 8 nitrogen and oxygen atoms in total. The Hall–Kier alpha value is -2.19. The summed E-state index contributed by atoms with van der Waals surface area (Å²) in [5.74, 6) is -2.32. The van der Waals surface area contributed by atoms with Crippen molar-refractivity contribution in [1.82, 2.24) is 9.80 Å². The monoisotopic (exact) mass is 490 g/mol. The van der Waals surface area contributed by atoms with E-state index in [0.717, 1.165) is 19.3 Å². The van der Waals surface area contributed by atoms with Crippen LogP contribution >= 0.6 is 0 Å². The smallest absolute Gasteiger partial charge is 0.313 e. The number of ether oxygens (including phenoxy) is 2. The number of aliphatic hydroxyl groups is 1. The lowest BCUT2D eigenvalue weighted by Gasteiger charge is -2.37. The van der Waals surface area contributed by atoms with E-state index in [4.69, 9.17) is 9.47 Å². The number of rotatable bonds is 15. The second-order valence-corrected chi connectivity index (χ2v) is 9.99. The van der Waals surface area contributed by atoms with Crippen LogP contribution in [0.2, 0.25) is 0 Å². The van der Waals surface area contributed by atoms with Crippen LogP contribution in [0.1, 0.15) is 65.2 Å². The van der Waals surface area contributed by atoms with Crippen LogP contribution in [0, 0.1) is 11.8 Å². The molecule has 196 valence electrons. The molecule has 35 heavy (non-hydrogen) atoms. The Morgan fingerprint density at radius 2 is 1.97 bits per heavy atom. The molecule has 0 radical (unpaired) electrons. The fourth-order valence-electron chi connectivity index (χ4n) is 6.39. The number of fused-ring (bicyclic) bond motifs is 1. The maximum atomic E-state index is 14.1. The van der Waals surface area contributed by atoms with Gasteiger partial charge >= 0.3 is 5.97 Å². The van der Waals surface area contributed by atoms with E-state index in [2.05, 4.69) is 20.1 Å². The summed E-state index contributed by atoms with van der Waals surface area (Å²) in [7, 11) is 0. The van der Waals surface area contributed by atoms with Crippen LogP contribution in [0.15, 0.2) is 25.3 Å². The van der Waals surface area contributed by atoms with Crippen molar-refractivity contribution >= 4 is 17.8 Å². The first-order valence-electron chi connectivity index (χ1n) is 13.2. The van der Waals surface area contributed by atoms with Gasteiger partial charge in [0.2, 0.25) is 11.8 Å². The van der Waals surface area contributed by atoms with Gasteiger partial charge < -0.3 is 24.4 Å². The van der Waals surface area contributed by atoms with Crippen molar-refractivity contribution in [3.63, 3.8) is 0 Å². The van der Waals surface area contributed by atoms with Crippen molar-refractivity contribution in [2.75, 3.05) is 32.8 Å². The number of amides is 2. The highest BCUT2D eigenvalue weighted by Crippen LogP contribution is 2.64. The van der Waals surface area contributed by atoms with Crippen molar-refractivity contribution in [3.8, 4) is 0 Å². The summed E-state index contributed by atoms with van der Waals surface area (Å²) in [6.07, 6.45) is 8.93. The molecule has 2 amide bonds. The molecule has 5 atom stereocenters. The van der Waals surface area contributed by atoms with E-state index in [-0.39, 0.29) is 25.0 Å². The van der Waals surface area contributed by atoms with Gasteiger partial charge in [0.25, 0.3) is 0 Å². The SMILES string of the molecule is C=CCOC(=O)[C@@H]1[C@H]2C(=O)N(CCCCO)C(C(=O)N(CC=C)CCCCC)C23CC[C@@]1(CC)O3. The molecule has 3 saturated heterocycles. The zero-order valence-corrected chi connectivity index (χ0v) is 21.4. The van der Waals surface area contributed by atoms with Gasteiger partial charge in [0.05, 0.1) is 11.5 Å². The standard InChI is InChI=1S/C27H42N2O6/c1-5-9-10-16-28(15-6-2)24(32)22-27-14-13-26(8-4,35-27)21(25(33)34-19-7-3)20(27)23(31)29(22)17-11-12-18-30/h6-7,20-22,30H,2-3,5,8-19H2,1,4H3/t20-,21-,22?,26+,27?/m0/s1. The van der Waals surface area contributed by atoms with Gasteiger partial charge in [0, 0.05) is 26.2 Å². The molecule has 2 bridgehead atoms. The van der Waals surface area contributed by atoms with E-state index in [1.165, 1.54) is 6.08 Å². The van der Waals surface area contributed by atoms with E-state index in [1.54, 1.807) is 15.9 Å². The quantitative estimate of drug-likeness (QED) is 0.215. The summed E-state index contributed by atoms with van der Waals surface area (Å²) in [6.45, 7) is 12.9. The Kier molecular flexibility index (Phi) is 9.16. The molecular formula is C27H42N2O6. The Bertz CT molecular complexity index is 815. The Morgan fingerprint density at radius 1 is 1.20 bits per heavy atom. The number of nitrogens with zero attached hydrogens (tertiary/aromatic N) is 2. The lowest BCUT2D eigenvalue weighted by molar-refractivity contribution is -0.161. The first-order valence-corrected chi connectivity index (χ1v) is 13.2. The van der Waals surface area contributed by atoms with Crippen LogP contribution in [0.4, 0.5) is 0 Å². The fourth-order valence-corrected chi connectivity index (χ4v) is 6.39. The third kappa shape index (κ3) is 4.79. The van der Waals surface area contributed by atoms with Crippen LogP contribution in [-0.2, 0) is 23.9 Å². The zero-order chi connectivity index (χ0) is 25.6. The maximum absolute atomic E-state index is 14.1. The second-order valence-electron chi connectivity index (χ2n) is 9.99. The molecule has 0 aromatic carbocycles. The number of hydrogen-bond donors (Lipinski definition) is 1. The molecule has 3 rings (SSSR count). The maximum Gasteiger partial charge on any atom is 0.313 e. The normalized spacial score (nSPS) is 30.9. The Balaban J connectivity index is 2.01. The molecule has 3 heterocycles. The zero-order valence-electron chi connectivity index (χ0n) is 21.4. The van der Waals surface area contributed by atoms with E-state index in [9.17, 15) is 19.5 Å². The largest absolute Gasteiger partial charge is 0.461 e. The lowest BCUT2D eigenvalue weighted by Crippen LogP contribution is -2.56. The average Bonchev–Trinajstić information content (AvgIpc) is 3.46. The van der Waals surface area contributed by atoms with E-state index >= 15 is 0 Å². The van der Waals surface area contributed by atoms with Gasteiger partial charge in [-0.2, -0.15) is 0 Å². The van der Waals surface area contributed by atoms with E-state index < -0.39 is 35.0 Å². The second kappa shape index (κ2) is 11.7. The molecular weight excluding hydrogens is 448 g/mol. The summed E-state index contributed by atoms with van der Waals surface area (Å²) in [4.78, 5) is 44.7. The average molecular weight is 491 g/mol. The summed E-state index contributed by atoms with van der Waals surface area (Å²) >= 11 is 0. The minimum atomic E-state index is -1.05. The minimum absolute atomic E-state index is 0.0147. The van der Waals surface area contributed by atoms with Crippen molar-refractivity contribution in [3.05, 3.63) is 25.3 Å². The number of carbonyl (C=O) groups excluding carboxylic acids is 3. The fraction of sp³-hybridized carbons (Fsp3) is 0.741. The number of hydrogen-bond acceptors (Lipinski definition) is 6. The number of aliphatic hydroxyl groups excluding tert-OH is 1. The van der Waals surface area contributed by atoms with Crippen LogP contribution in [0.5, 0.6) is 0 Å². The van der Waals surface area contributed by atoms with Crippen molar-refractivity contribution in [1.29, 1.82) is 0 Å². The summed E-state index contributed by atoms with van der Waals surface area (Å²) in [5, 5.41) is 9.30. The topological polar surface area (TPSA) is 96.4 Å². The third-order valence-electron chi connectivity index (χ3n) is 8.01. The first kappa shape index (κ1) is 27.4. The summed E-state index contributed by atoms with van der Waals surface area (Å²) in [5.41, 5.74) is -1.86. The molecule has 0 aromatic heterocycles. The highest BCUT2D eigenvalue weighted by Gasteiger charge is 2.79. The highest BCUT2D eigenvalue weighted by atomic mass is 16.6. The number of likely N-dealkylation sites (tertiary alicyclic amines) is 1. The van der Waals surface area contributed by atoms with Crippen molar-refractivity contribution in [2.24, 2.45) is 11.8 Å². The van der Waals surface area contributed by atoms with E-state index in [1.807, 2.05) is 6.92 Å². The van der Waals surface area contributed by atoms with Crippen LogP contribution < -0.4 is 0 Å². The van der Waals surface area contributed by atoms with Gasteiger partial charge in [0.15, 0.2) is 0 Å². The van der Waals surface area contributed by atoms with Gasteiger partial charge in [-0.25, -0.2) is 0 Å². The predicted molar refractivity (Wildman–Crippen MR) is 132 cm³/mol. The lowest BCUT2D eigenvalue weighted by atomic mass is 9.65. The highest BCUT2D eigenvalue weighted by molar-refractivity contribution is 5.98. The number of esters is 1. The van der Waals surface area contributed by atoms with Crippen LogP contribution in [0.25, 0.3) is 0 Å². The molecule has 0 aliphatic carbocycles. The molecule has 0 saturated carbocycles. The molecule has 1 N–H and O–H groups in total. The van der Waals surface area contributed by atoms with E-state index in [0.29, 0.717) is 51.7 Å². The predicted octanol–water partition coefficient (Wildman–Crippen LogP) is 2.85. The Morgan fingerprint density at radius 3 is 2.60 bits per heavy atom. The number of unbranched alkanes of at least 4 members (excludes halogenated alkanes) is 3. The van der Waals surface area contributed by atoms with Gasteiger partial charge in [-0.3, -0.25) is 14.4 Å². The van der Waals surface area contributed by atoms with Crippen molar-refractivity contribution < 1.29 is 29.0 Å². The Labute approximate surface area is 209 Å². The first-order chi connectivity index (χ1) is 16.9. The molecule has 3 aliphatic heterocycles. The summed E-state index contributed by atoms with van der Waals surface area (Å²) in [6, 6.07) is -0.800. The molecule has 8 heteroatoms. The van der Waals surface area contributed by atoms with Gasteiger partial charge in [-0.05, 0) is 38.5 Å². The van der Waals surface area contributed by atoms with Crippen molar-refractivity contribution in [2.45, 2.75) is 82.5 Å². The van der Waals surface area contributed by atoms with Gasteiger partial charge in [-0.15, -0.1) is 6.58 Å². The molecule has 0 aromatic rings. The third-order valence-corrected chi connectivity index (χ3v) is 8.01. The molecule has 1 spiro atoms. The summed E-state index contributed by atoms with van der Waals surface area (Å²) < 4.78 is 12.2. The molecule has 3 fully saturated rings. The van der Waals surface area contributed by atoms with Crippen LogP contribution in [0.3, 0.4) is 0 Å².